The molecule has 0 aliphatic rings. The third-order valence-electron chi connectivity index (χ3n) is 4.09. The van der Waals surface area contributed by atoms with Gasteiger partial charge in [-0.2, -0.15) is 0 Å². The number of rotatable bonds is 3. The maximum atomic E-state index is 6.06. The maximum absolute atomic E-state index is 6.06. The highest BCUT2D eigenvalue weighted by Crippen LogP contribution is 2.32. The summed E-state index contributed by atoms with van der Waals surface area (Å²) in [6.07, 6.45) is 3.66. The van der Waals surface area contributed by atoms with Crippen molar-refractivity contribution in [1.82, 2.24) is 9.55 Å². The Kier molecular flexibility index (Phi) is 3.28. The van der Waals surface area contributed by atoms with Crippen LogP contribution in [0.25, 0.3) is 10.9 Å². The third kappa shape index (κ3) is 1.91. The topological polar surface area (TPSA) is 43.8 Å². The van der Waals surface area contributed by atoms with Crippen molar-refractivity contribution in [3.8, 4) is 0 Å². The van der Waals surface area contributed by atoms with Gasteiger partial charge in [0, 0.05) is 48.5 Å². The average molecular weight is 265 g/mol. The van der Waals surface area contributed by atoms with Gasteiger partial charge >= 0.3 is 0 Å². The van der Waals surface area contributed by atoms with Crippen molar-refractivity contribution in [3.63, 3.8) is 0 Å². The minimum absolute atomic E-state index is 0.204. The molecule has 0 aliphatic heterocycles. The second-order valence-corrected chi connectivity index (χ2v) is 5.16. The predicted molar refractivity (Wildman–Crippen MR) is 82.8 cm³/mol. The number of hydrogen-bond acceptors (Lipinski definition) is 2. The van der Waals surface area contributed by atoms with E-state index in [2.05, 4.69) is 59.9 Å². The second-order valence-electron chi connectivity index (χ2n) is 5.16. The molecule has 0 saturated carbocycles. The molecule has 0 radical (unpaired) electrons. The van der Waals surface area contributed by atoms with Crippen molar-refractivity contribution in [2.24, 2.45) is 12.8 Å². The number of aryl methyl sites for hydroxylation is 2. The van der Waals surface area contributed by atoms with E-state index in [0.29, 0.717) is 6.54 Å². The molecule has 0 amide bonds. The zero-order valence-electron chi connectivity index (χ0n) is 11.9. The summed E-state index contributed by atoms with van der Waals surface area (Å²) < 4.78 is 2.27. The Bertz CT molecular complexity index is 690. The van der Waals surface area contributed by atoms with E-state index in [4.69, 9.17) is 5.73 Å². The number of para-hydroxylation sites is 1. The van der Waals surface area contributed by atoms with Gasteiger partial charge in [0.1, 0.15) is 0 Å². The molecule has 0 bridgehead atoms. The Labute approximate surface area is 119 Å². The van der Waals surface area contributed by atoms with Gasteiger partial charge in [-0.05, 0) is 36.2 Å². The van der Waals surface area contributed by atoms with Gasteiger partial charge in [0.15, 0.2) is 0 Å². The van der Waals surface area contributed by atoms with Crippen LogP contribution in [0.5, 0.6) is 0 Å². The molecule has 2 aromatic heterocycles. The highest BCUT2D eigenvalue weighted by molar-refractivity contribution is 5.85. The molecule has 0 spiro atoms. The molecule has 20 heavy (non-hydrogen) atoms. The molecular weight excluding hydrogens is 246 g/mol. The Morgan fingerprint density at radius 1 is 1.15 bits per heavy atom. The summed E-state index contributed by atoms with van der Waals surface area (Å²) in [5, 5.41) is 1.30. The molecule has 3 rings (SSSR count). The zero-order valence-corrected chi connectivity index (χ0v) is 11.9. The summed E-state index contributed by atoms with van der Waals surface area (Å²) in [4.78, 5) is 4.10. The van der Waals surface area contributed by atoms with Crippen LogP contribution in [0.3, 0.4) is 0 Å². The molecule has 3 aromatic rings. The van der Waals surface area contributed by atoms with Crippen LogP contribution in [-0.4, -0.2) is 16.1 Å². The van der Waals surface area contributed by atoms with Gasteiger partial charge in [0.05, 0.1) is 0 Å². The maximum Gasteiger partial charge on any atom is 0.0482 e. The smallest absolute Gasteiger partial charge is 0.0482 e. The molecule has 3 heteroatoms. The van der Waals surface area contributed by atoms with Crippen molar-refractivity contribution < 1.29 is 0 Å². The number of nitrogens with zero attached hydrogens (tertiary/aromatic N) is 2. The van der Waals surface area contributed by atoms with Crippen LogP contribution in [0, 0.1) is 6.92 Å². The first-order chi connectivity index (χ1) is 9.74. The Morgan fingerprint density at radius 3 is 2.50 bits per heavy atom. The largest absolute Gasteiger partial charge is 0.347 e. The zero-order chi connectivity index (χ0) is 14.1. The first kappa shape index (κ1) is 12.9. The van der Waals surface area contributed by atoms with Gasteiger partial charge in [0.25, 0.3) is 0 Å². The van der Waals surface area contributed by atoms with Crippen LogP contribution in [0.1, 0.15) is 22.7 Å². The molecule has 1 atom stereocenters. The Hall–Kier alpha value is -2.13. The third-order valence-corrected chi connectivity index (χ3v) is 4.09. The van der Waals surface area contributed by atoms with Crippen LogP contribution in [0.2, 0.25) is 0 Å². The number of fused-ring (bicyclic) bond motifs is 1. The van der Waals surface area contributed by atoms with Gasteiger partial charge < -0.3 is 10.3 Å². The van der Waals surface area contributed by atoms with Crippen molar-refractivity contribution in [1.29, 1.82) is 0 Å². The van der Waals surface area contributed by atoms with Gasteiger partial charge in [-0.1, -0.05) is 18.2 Å². The van der Waals surface area contributed by atoms with Crippen LogP contribution in [0.15, 0.2) is 48.8 Å². The van der Waals surface area contributed by atoms with E-state index in [-0.39, 0.29) is 5.92 Å². The molecule has 0 saturated heterocycles. The van der Waals surface area contributed by atoms with Gasteiger partial charge in [-0.25, -0.2) is 0 Å². The Morgan fingerprint density at radius 2 is 1.85 bits per heavy atom. The summed E-state index contributed by atoms with van der Waals surface area (Å²) in [5.41, 5.74) is 11.1. The van der Waals surface area contributed by atoms with Gasteiger partial charge in [-0.3, -0.25) is 4.98 Å². The van der Waals surface area contributed by atoms with E-state index in [1.165, 1.54) is 27.7 Å². The fourth-order valence-electron chi connectivity index (χ4n) is 3.10. The van der Waals surface area contributed by atoms with E-state index in [9.17, 15) is 0 Å². The summed E-state index contributed by atoms with van der Waals surface area (Å²) in [6.45, 7) is 2.77. The highest BCUT2D eigenvalue weighted by atomic mass is 15.0. The molecule has 3 nitrogen and oxygen atoms in total. The van der Waals surface area contributed by atoms with E-state index >= 15 is 0 Å². The standard InChI is InChI=1S/C17H19N3/c1-12-14-5-3-4-6-16(14)20(2)17(12)15(11-18)13-7-9-19-10-8-13/h3-10,15H,11,18H2,1-2H3. The van der Waals surface area contributed by atoms with Crippen LogP contribution >= 0.6 is 0 Å². The van der Waals surface area contributed by atoms with E-state index in [1.807, 2.05) is 12.4 Å². The minimum atomic E-state index is 0.204. The van der Waals surface area contributed by atoms with Crippen molar-refractivity contribution in [3.05, 3.63) is 65.6 Å². The Balaban J connectivity index is 2.23. The molecule has 0 fully saturated rings. The second kappa shape index (κ2) is 5.10. The SMILES string of the molecule is Cc1c(C(CN)c2ccncc2)n(C)c2ccccc12. The van der Waals surface area contributed by atoms with E-state index in [0.717, 1.165) is 0 Å². The van der Waals surface area contributed by atoms with E-state index < -0.39 is 0 Å². The fraction of sp³-hybridized carbons (Fsp3) is 0.235. The summed E-state index contributed by atoms with van der Waals surface area (Å²) >= 11 is 0. The van der Waals surface area contributed by atoms with Crippen molar-refractivity contribution >= 4 is 10.9 Å². The summed E-state index contributed by atoms with van der Waals surface area (Å²) in [5.74, 6) is 0.204. The first-order valence-electron chi connectivity index (χ1n) is 6.88. The van der Waals surface area contributed by atoms with Gasteiger partial charge in [-0.15, -0.1) is 0 Å². The number of benzene rings is 1. The summed E-state index contributed by atoms with van der Waals surface area (Å²) in [6, 6.07) is 12.6. The lowest BCUT2D eigenvalue weighted by atomic mass is 9.94. The van der Waals surface area contributed by atoms with Crippen molar-refractivity contribution in [2.45, 2.75) is 12.8 Å². The van der Waals surface area contributed by atoms with Crippen molar-refractivity contribution in [2.75, 3.05) is 6.54 Å². The summed E-state index contributed by atoms with van der Waals surface area (Å²) in [7, 11) is 2.12. The quantitative estimate of drug-likeness (QED) is 0.791. The van der Waals surface area contributed by atoms with E-state index in [1.54, 1.807) is 0 Å². The molecule has 2 N–H and O–H groups in total. The number of pyridine rings is 1. The monoisotopic (exact) mass is 265 g/mol. The average Bonchev–Trinajstić information content (AvgIpc) is 2.75. The fourth-order valence-corrected chi connectivity index (χ4v) is 3.10. The molecular formula is C17H19N3. The lowest BCUT2D eigenvalue weighted by molar-refractivity contribution is 0.729. The molecule has 1 unspecified atom stereocenters. The van der Waals surface area contributed by atoms with Crippen LogP contribution in [0.4, 0.5) is 0 Å². The molecule has 0 aliphatic carbocycles. The first-order valence-corrected chi connectivity index (χ1v) is 6.88. The predicted octanol–water partition coefficient (Wildman–Crippen LogP) is 2.97. The number of nitrogens with two attached hydrogens (primary N) is 1. The number of aromatic nitrogens is 2. The lowest BCUT2D eigenvalue weighted by Gasteiger charge is -2.18. The number of hydrogen-bond donors (Lipinski definition) is 1. The lowest BCUT2D eigenvalue weighted by Crippen LogP contribution is -2.17. The molecule has 1 aromatic carbocycles. The normalized spacial score (nSPS) is 12.8. The van der Waals surface area contributed by atoms with Crippen LogP contribution < -0.4 is 5.73 Å². The molecule has 102 valence electrons. The molecule has 2 heterocycles. The van der Waals surface area contributed by atoms with Crippen LogP contribution in [-0.2, 0) is 7.05 Å². The van der Waals surface area contributed by atoms with Gasteiger partial charge in [0.2, 0.25) is 0 Å². The minimum Gasteiger partial charge on any atom is -0.347 e. The highest BCUT2D eigenvalue weighted by Gasteiger charge is 2.20.